The Balaban J connectivity index is 2.27. The van der Waals surface area contributed by atoms with E-state index < -0.39 is 0 Å². The fourth-order valence-electron chi connectivity index (χ4n) is 1.44. The van der Waals surface area contributed by atoms with Crippen molar-refractivity contribution in [1.82, 2.24) is 9.97 Å². The van der Waals surface area contributed by atoms with E-state index in [1.165, 1.54) is 5.56 Å². The zero-order valence-electron chi connectivity index (χ0n) is 9.24. The lowest BCUT2D eigenvalue weighted by molar-refractivity contribution is 1.13. The van der Waals surface area contributed by atoms with Crippen LogP contribution in [0, 0.1) is 0 Å². The fraction of sp³-hybridized carbons (Fsp3) is 0.167. The van der Waals surface area contributed by atoms with Crippen LogP contribution in [0.2, 0.25) is 5.28 Å². The van der Waals surface area contributed by atoms with Crippen LogP contribution < -0.4 is 5.32 Å². The highest BCUT2D eigenvalue weighted by atomic mass is 79.9. The smallest absolute Gasteiger partial charge is 0.224 e. The van der Waals surface area contributed by atoms with Gasteiger partial charge >= 0.3 is 0 Å². The second-order valence-corrected chi connectivity index (χ2v) is 4.71. The van der Waals surface area contributed by atoms with Gasteiger partial charge in [0.05, 0.1) is 4.47 Å². The number of aromatic nitrogens is 2. The Bertz CT molecular complexity index is 531. The average Bonchev–Trinajstić information content (AvgIpc) is 2.34. The highest BCUT2D eigenvalue weighted by Crippen LogP contribution is 2.24. The molecule has 17 heavy (non-hydrogen) atoms. The van der Waals surface area contributed by atoms with Gasteiger partial charge in [-0.15, -0.1) is 0 Å². The summed E-state index contributed by atoms with van der Waals surface area (Å²) in [7, 11) is 0. The van der Waals surface area contributed by atoms with Crippen LogP contribution in [0.25, 0.3) is 0 Å². The summed E-state index contributed by atoms with van der Waals surface area (Å²) in [6.45, 7) is 2.12. The van der Waals surface area contributed by atoms with E-state index in [0.717, 1.165) is 16.6 Å². The average molecular weight is 313 g/mol. The molecule has 0 saturated carbocycles. The first-order valence-electron chi connectivity index (χ1n) is 5.23. The summed E-state index contributed by atoms with van der Waals surface area (Å²) in [4.78, 5) is 8.00. The highest BCUT2D eigenvalue weighted by Gasteiger charge is 2.04. The van der Waals surface area contributed by atoms with Crippen LogP contribution in [0.4, 0.5) is 11.5 Å². The fourth-order valence-corrected chi connectivity index (χ4v) is 1.86. The Morgan fingerprint density at radius 3 is 3.00 bits per heavy atom. The van der Waals surface area contributed by atoms with E-state index >= 15 is 0 Å². The molecule has 5 heteroatoms. The molecule has 1 aromatic heterocycles. The first kappa shape index (κ1) is 12.3. The summed E-state index contributed by atoms with van der Waals surface area (Å²) in [5.41, 5.74) is 2.26. The van der Waals surface area contributed by atoms with Crippen LogP contribution in [-0.2, 0) is 6.42 Å². The van der Waals surface area contributed by atoms with Crippen LogP contribution in [0.5, 0.6) is 0 Å². The second-order valence-electron chi connectivity index (χ2n) is 3.51. The SMILES string of the molecule is CCc1cccc(Nc2nc(Cl)ncc2Br)c1. The third-order valence-electron chi connectivity index (χ3n) is 2.31. The van der Waals surface area contributed by atoms with Crippen molar-refractivity contribution in [3.05, 3.63) is 45.8 Å². The number of nitrogens with one attached hydrogen (secondary N) is 1. The number of benzene rings is 1. The Morgan fingerprint density at radius 2 is 2.24 bits per heavy atom. The number of rotatable bonds is 3. The van der Waals surface area contributed by atoms with Gasteiger partial charge in [-0.25, -0.2) is 4.98 Å². The zero-order valence-corrected chi connectivity index (χ0v) is 11.6. The lowest BCUT2D eigenvalue weighted by atomic mass is 10.1. The Morgan fingerprint density at radius 1 is 1.41 bits per heavy atom. The van der Waals surface area contributed by atoms with Crippen molar-refractivity contribution in [1.29, 1.82) is 0 Å². The molecular weight excluding hydrogens is 302 g/mol. The molecule has 0 atom stereocenters. The molecule has 1 N–H and O–H groups in total. The van der Waals surface area contributed by atoms with Crippen LogP contribution >= 0.6 is 27.5 Å². The van der Waals surface area contributed by atoms with Crippen molar-refractivity contribution in [2.24, 2.45) is 0 Å². The molecule has 0 amide bonds. The van der Waals surface area contributed by atoms with E-state index in [0.29, 0.717) is 5.82 Å². The number of hydrogen-bond donors (Lipinski definition) is 1. The predicted octanol–water partition coefficient (Wildman–Crippen LogP) is 4.20. The molecule has 0 aliphatic carbocycles. The van der Waals surface area contributed by atoms with Crippen LogP contribution in [0.3, 0.4) is 0 Å². The molecule has 0 unspecified atom stereocenters. The van der Waals surface area contributed by atoms with E-state index in [4.69, 9.17) is 11.6 Å². The van der Waals surface area contributed by atoms with E-state index in [1.54, 1.807) is 6.20 Å². The summed E-state index contributed by atoms with van der Waals surface area (Å²) < 4.78 is 0.781. The highest BCUT2D eigenvalue weighted by molar-refractivity contribution is 9.10. The maximum atomic E-state index is 5.76. The molecule has 88 valence electrons. The third-order valence-corrected chi connectivity index (χ3v) is 3.08. The summed E-state index contributed by atoms with van der Waals surface area (Å²) in [6.07, 6.45) is 2.63. The van der Waals surface area contributed by atoms with Crippen molar-refractivity contribution in [3.63, 3.8) is 0 Å². The molecule has 0 radical (unpaired) electrons. The van der Waals surface area contributed by atoms with Gasteiger partial charge in [0.1, 0.15) is 5.82 Å². The van der Waals surface area contributed by atoms with Gasteiger partial charge in [0.15, 0.2) is 0 Å². The van der Waals surface area contributed by atoms with Crippen LogP contribution in [0.1, 0.15) is 12.5 Å². The zero-order chi connectivity index (χ0) is 12.3. The Kier molecular flexibility index (Phi) is 3.97. The van der Waals surface area contributed by atoms with E-state index in [1.807, 2.05) is 12.1 Å². The molecule has 2 rings (SSSR count). The van der Waals surface area contributed by atoms with Crippen LogP contribution in [0.15, 0.2) is 34.9 Å². The predicted molar refractivity (Wildman–Crippen MR) is 73.8 cm³/mol. The van der Waals surface area contributed by atoms with Crippen LogP contribution in [-0.4, -0.2) is 9.97 Å². The first-order chi connectivity index (χ1) is 8.19. The van der Waals surface area contributed by atoms with Gasteiger partial charge in [-0.1, -0.05) is 19.1 Å². The molecule has 3 nitrogen and oxygen atoms in total. The van der Waals surface area contributed by atoms with Gasteiger partial charge in [0.25, 0.3) is 0 Å². The number of aryl methyl sites for hydroxylation is 1. The van der Waals surface area contributed by atoms with Crippen molar-refractivity contribution in [2.75, 3.05) is 5.32 Å². The third kappa shape index (κ3) is 3.17. The molecule has 0 aliphatic rings. The van der Waals surface area contributed by atoms with Gasteiger partial charge in [-0.05, 0) is 51.6 Å². The molecule has 2 aromatic rings. The number of halogens is 2. The lowest BCUT2D eigenvalue weighted by Gasteiger charge is -2.08. The standard InChI is InChI=1S/C12H11BrClN3/c1-2-8-4-3-5-9(6-8)16-11-10(13)7-15-12(14)17-11/h3-7H,2H2,1H3,(H,15,16,17). The van der Waals surface area contributed by atoms with Crippen molar-refractivity contribution >= 4 is 39.0 Å². The summed E-state index contributed by atoms with van der Waals surface area (Å²) >= 11 is 9.14. The lowest BCUT2D eigenvalue weighted by Crippen LogP contribution is -1.97. The maximum Gasteiger partial charge on any atom is 0.224 e. The Hall–Kier alpha value is -1.13. The second kappa shape index (κ2) is 5.47. The molecule has 0 bridgehead atoms. The normalized spacial score (nSPS) is 10.3. The molecule has 0 spiro atoms. The van der Waals surface area contributed by atoms with E-state index in [-0.39, 0.29) is 5.28 Å². The molecule has 0 fully saturated rings. The van der Waals surface area contributed by atoms with E-state index in [9.17, 15) is 0 Å². The first-order valence-corrected chi connectivity index (χ1v) is 6.40. The maximum absolute atomic E-state index is 5.76. The number of nitrogens with zero attached hydrogens (tertiary/aromatic N) is 2. The van der Waals surface area contributed by atoms with Crippen molar-refractivity contribution in [2.45, 2.75) is 13.3 Å². The largest absolute Gasteiger partial charge is 0.339 e. The Labute approximate surface area is 113 Å². The minimum absolute atomic E-state index is 0.224. The summed E-state index contributed by atoms with van der Waals surface area (Å²) in [6, 6.07) is 8.18. The number of hydrogen-bond acceptors (Lipinski definition) is 3. The van der Waals surface area contributed by atoms with Gasteiger partial charge in [0, 0.05) is 11.9 Å². The van der Waals surface area contributed by atoms with Crippen molar-refractivity contribution < 1.29 is 0 Å². The molecule has 0 saturated heterocycles. The molecule has 1 heterocycles. The topological polar surface area (TPSA) is 37.8 Å². The van der Waals surface area contributed by atoms with E-state index in [2.05, 4.69) is 50.3 Å². The van der Waals surface area contributed by atoms with Crippen molar-refractivity contribution in [3.8, 4) is 0 Å². The van der Waals surface area contributed by atoms with Gasteiger partial charge < -0.3 is 5.32 Å². The summed E-state index contributed by atoms with van der Waals surface area (Å²) in [5, 5.41) is 3.43. The molecule has 0 aliphatic heterocycles. The van der Waals surface area contributed by atoms with Gasteiger partial charge in [0.2, 0.25) is 5.28 Å². The monoisotopic (exact) mass is 311 g/mol. The van der Waals surface area contributed by atoms with Gasteiger partial charge in [-0.2, -0.15) is 4.98 Å². The van der Waals surface area contributed by atoms with Gasteiger partial charge in [-0.3, -0.25) is 0 Å². The minimum Gasteiger partial charge on any atom is -0.339 e. The summed E-state index contributed by atoms with van der Waals surface area (Å²) in [5.74, 6) is 0.665. The quantitative estimate of drug-likeness (QED) is 0.863. The minimum atomic E-state index is 0.224. The molecular formula is C12H11BrClN3. The number of anilines is 2. The molecule has 1 aromatic carbocycles.